The van der Waals surface area contributed by atoms with Gasteiger partial charge in [0.25, 0.3) is 5.91 Å². The number of benzene rings is 2. The van der Waals surface area contributed by atoms with Crippen LogP contribution in [-0.2, 0) is 28.7 Å². The summed E-state index contributed by atoms with van der Waals surface area (Å²) in [6, 6.07) is 7.76. The predicted octanol–water partition coefficient (Wildman–Crippen LogP) is 0.135. The lowest BCUT2D eigenvalue weighted by Gasteiger charge is -2.49. The number of carboxylic acids is 1. The highest BCUT2D eigenvalue weighted by Gasteiger charge is 2.54. The highest BCUT2D eigenvalue weighted by atomic mass is 32.2. The maximum Gasteiger partial charge on any atom is 0.352 e. The number of aromatic hydroxyl groups is 2. The van der Waals surface area contributed by atoms with Crippen molar-refractivity contribution in [2.75, 3.05) is 32.0 Å². The molecule has 2 saturated heterocycles. The summed E-state index contributed by atoms with van der Waals surface area (Å²) in [5.74, 6) is -6.79. The minimum atomic E-state index is -1.46. The Hall–Kier alpha value is -5.58. The third kappa shape index (κ3) is 6.42. The van der Waals surface area contributed by atoms with Crippen LogP contribution >= 0.6 is 11.8 Å². The number of fused-ring (bicyclic) bond motifs is 1. The lowest BCUT2D eigenvalue weighted by Crippen LogP contribution is -2.71. The Bertz CT molecular complexity index is 1700. The number of β-lactam (4-membered cyclic amide) rings is 1. The number of esters is 1. The second kappa shape index (κ2) is 13.4. The van der Waals surface area contributed by atoms with Crippen molar-refractivity contribution < 1.29 is 53.6 Å². The summed E-state index contributed by atoms with van der Waals surface area (Å²) in [5, 5.41) is 33.2. The Kier molecular flexibility index (Phi) is 9.36. The minimum absolute atomic E-state index is 0.0231. The van der Waals surface area contributed by atoms with Crippen molar-refractivity contribution in [3.63, 3.8) is 0 Å². The molecule has 16 nitrogen and oxygen atoms in total. The Labute approximate surface area is 270 Å². The van der Waals surface area contributed by atoms with Crippen LogP contribution in [0.1, 0.15) is 28.9 Å². The molecule has 5 N–H and O–H groups in total. The van der Waals surface area contributed by atoms with Crippen molar-refractivity contribution >= 4 is 53.4 Å². The van der Waals surface area contributed by atoms with Gasteiger partial charge in [-0.05, 0) is 30.7 Å². The van der Waals surface area contributed by atoms with Gasteiger partial charge in [0.1, 0.15) is 29.8 Å². The van der Waals surface area contributed by atoms with Crippen LogP contribution in [0.5, 0.6) is 11.5 Å². The van der Waals surface area contributed by atoms with E-state index in [4.69, 9.17) is 4.74 Å². The van der Waals surface area contributed by atoms with E-state index in [-0.39, 0.29) is 36.5 Å². The molecule has 3 aliphatic rings. The smallest absolute Gasteiger partial charge is 0.352 e. The zero-order chi connectivity index (χ0) is 34.0. The van der Waals surface area contributed by atoms with Crippen molar-refractivity contribution in [1.82, 2.24) is 25.3 Å². The molecule has 3 aliphatic heterocycles. The number of phenolic OH excluding ortho intramolecular Hbond substituents is 2. The van der Waals surface area contributed by atoms with Gasteiger partial charge in [0.05, 0.1) is 5.56 Å². The Morgan fingerprint density at radius 1 is 1.00 bits per heavy atom. The molecule has 0 aliphatic carbocycles. The molecule has 3 heterocycles. The number of thioether (sulfide) groups is 1. The number of urea groups is 1. The van der Waals surface area contributed by atoms with Gasteiger partial charge in [-0.3, -0.25) is 29.0 Å². The molecule has 2 aromatic carbocycles. The molecule has 1 unspecified atom stereocenters. The molecule has 0 bridgehead atoms. The number of hydrogen-bond donors (Lipinski definition) is 5. The molecule has 0 saturated carbocycles. The number of nitrogens with one attached hydrogen (secondary N) is 2. The molecule has 5 rings (SSSR count). The molecule has 2 aromatic rings. The fraction of sp³-hybridized carbons (Fsp3) is 0.300. The van der Waals surface area contributed by atoms with E-state index in [1.165, 1.54) is 11.0 Å². The predicted molar refractivity (Wildman–Crippen MR) is 161 cm³/mol. The quantitative estimate of drug-likeness (QED) is 0.104. The number of nitrogens with zero attached hydrogens (tertiary/aromatic N) is 3. The third-order valence-electron chi connectivity index (χ3n) is 7.73. The van der Waals surface area contributed by atoms with E-state index in [1.807, 2.05) is 0 Å². The van der Waals surface area contributed by atoms with Gasteiger partial charge in [-0.15, -0.1) is 11.8 Å². The number of rotatable bonds is 9. The van der Waals surface area contributed by atoms with Gasteiger partial charge < -0.3 is 35.6 Å². The van der Waals surface area contributed by atoms with Gasteiger partial charge in [-0.2, -0.15) is 0 Å². The number of carbonyl (C=O) groups is 7. The largest absolute Gasteiger partial charge is 0.504 e. The van der Waals surface area contributed by atoms with Gasteiger partial charge in [-0.25, -0.2) is 14.4 Å². The molecule has 47 heavy (non-hydrogen) atoms. The average molecular weight is 668 g/mol. The highest BCUT2D eigenvalue weighted by molar-refractivity contribution is 8.00. The second-order valence-corrected chi connectivity index (χ2v) is 11.7. The number of carboxylic acid groups (broad SMARTS) is 1. The van der Waals surface area contributed by atoms with Crippen molar-refractivity contribution in [2.45, 2.75) is 24.4 Å². The van der Waals surface area contributed by atoms with Crippen molar-refractivity contribution in [3.05, 3.63) is 70.9 Å². The lowest BCUT2D eigenvalue weighted by molar-refractivity contribution is -0.153. The zero-order valence-corrected chi connectivity index (χ0v) is 25.6. The molecule has 2 fully saturated rings. The molecule has 0 radical (unpaired) electrons. The molecule has 0 aromatic heterocycles. The Morgan fingerprint density at radius 2 is 1.72 bits per heavy atom. The zero-order valence-electron chi connectivity index (χ0n) is 24.7. The number of phenols is 2. The number of hydrogen-bond acceptors (Lipinski definition) is 11. The van der Waals surface area contributed by atoms with Crippen LogP contribution in [0, 0.1) is 0 Å². The number of amides is 6. The molecule has 0 spiro atoms. The summed E-state index contributed by atoms with van der Waals surface area (Å²) in [4.78, 5) is 92.5. The first kappa shape index (κ1) is 32.8. The maximum absolute atomic E-state index is 13.6. The second-order valence-electron chi connectivity index (χ2n) is 10.6. The maximum atomic E-state index is 13.6. The Morgan fingerprint density at radius 3 is 2.38 bits per heavy atom. The molecule has 6 amide bonds. The molecular weight excluding hydrogens is 638 g/mol. The van der Waals surface area contributed by atoms with Crippen LogP contribution < -0.4 is 10.6 Å². The SMILES string of the molecule is CCN1CCN(C(=O)NC(C(=O)N[C@H]2C(=O)N3C(C(=O)O)=C(COC(=O)c4ccc(O)c(O)c4)CS[C@@H]23)c2ccccc2)C(=O)C1=O. The first-order chi connectivity index (χ1) is 22.4. The molecule has 17 heteroatoms. The summed E-state index contributed by atoms with van der Waals surface area (Å²) in [5.41, 5.74) is -0.0690. The first-order valence-electron chi connectivity index (χ1n) is 14.3. The normalized spacial score (nSPS) is 19.9. The summed E-state index contributed by atoms with van der Waals surface area (Å²) in [7, 11) is 0. The standard InChI is InChI=1S/C30H29N5O11S/c1-2-33-10-11-34(26(41)25(33)40)30(45)32-20(15-6-4-3-5-7-15)23(38)31-21-24(39)35-22(28(42)43)17(14-47-27(21)35)13-46-29(44)16-8-9-18(36)19(37)12-16/h3-9,12,20-21,27,36-37H,2,10-11,13-14H2,1H3,(H,31,38)(H,32,45)(H,42,43)/t20?,21-,27-/m0/s1. The van der Waals surface area contributed by atoms with Crippen LogP contribution in [0.3, 0.4) is 0 Å². The van der Waals surface area contributed by atoms with Gasteiger partial charge in [0.2, 0.25) is 5.91 Å². The van der Waals surface area contributed by atoms with E-state index in [2.05, 4.69) is 10.6 Å². The fourth-order valence-corrected chi connectivity index (χ4v) is 6.56. The lowest BCUT2D eigenvalue weighted by atomic mass is 10.0. The van der Waals surface area contributed by atoms with Crippen LogP contribution in [0.15, 0.2) is 59.8 Å². The number of aliphatic carboxylic acids is 1. The van der Waals surface area contributed by atoms with E-state index in [9.17, 15) is 48.9 Å². The summed E-state index contributed by atoms with van der Waals surface area (Å²) < 4.78 is 5.21. The van der Waals surface area contributed by atoms with Crippen LogP contribution in [-0.4, -0.2) is 115 Å². The summed E-state index contributed by atoms with van der Waals surface area (Å²) in [6.45, 7) is 1.54. The number of piperazine rings is 1. The topological polar surface area (TPSA) is 223 Å². The van der Waals surface area contributed by atoms with Gasteiger partial charge in [0.15, 0.2) is 11.5 Å². The minimum Gasteiger partial charge on any atom is -0.504 e. The Balaban J connectivity index is 1.28. The number of carbonyl (C=O) groups excluding carboxylic acids is 6. The van der Waals surface area contributed by atoms with E-state index >= 15 is 0 Å². The molecule has 3 atom stereocenters. The van der Waals surface area contributed by atoms with E-state index in [0.717, 1.165) is 28.8 Å². The number of imide groups is 1. The number of ether oxygens (including phenoxy) is 1. The fourth-order valence-electron chi connectivity index (χ4n) is 5.23. The number of likely N-dealkylation sites (N-methyl/N-ethyl adjacent to an activating group) is 1. The molecule has 246 valence electrons. The van der Waals surface area contributed by atoms with Crippen LogP contribution in [0.2, 0.25) is 0 Å². The van der Waals surface area contributed by atoms with Gasteiger partial charge >= 0.3 is 29.8 Å². The molecular formula is C30H29N5O11S. The highest BCUT2D eigenvalue weighted by Crippen LogP contribution is 2.40. The third-order valence-corrected chi connectivity index (χ3v) is 9.07. The van der Waals surface area contributed by atoms with Crippen molar-refractivity contribution in [2.24, 2.45) is 0 Å². The van der Waals surface area contributed by atoms with E-state index in [0.29, 0.717) is 10.5 Å². The van der Waals surface area contributed by atoms with E-state index in [1.54, 1.807) is 37.3 Å². The van der Waals surface area contributed by atoms with Crippen molar-refractivity contribution in [3.8, 4) is 11.5 Å². The summed E-state index contributed by atoms with van der Waals surface area (Å²) in [6.07, 6.45) is 0. The first-order valence-corrected chi connectivity index (χ1v) is 15.3. The monoisotopic (exact) mass is 667 g/mol. The van der Waals surface area contributed by atoms with E-state index < -0.39 is 82.9 Å². The van der Waals surface area contributed by atoms with Crippen LogP contribution in [0.4, 0.5) is 4.79 Å². The van der Waals surface area contributed by atoms with Crippen LogP contribution in [0.25, 0.3) is 0 Å². The summed E-state index contributed by atoms with van der Waals surface area (Å²) >= 11 is 1.12. The van der Waals surface area contributed by atoms with Gasteiger partial charge in [0, 0.05) is 31.0 Å². The van der Waals surface area contributed by atoms with Crippen molar-refractivity contribution in [1.29, 1.82) is 0 Å². The van der Waals surface area contributed by atoms with Gasteiger partial charge in [-0.1, -0.05) is 30.3 Å². The average Bonchev–Trinajstić information content (AvgIpc) is 3.06.